The highest BCUT2D eigenvalue weighted by molar-refractivity contribution is 5.83. The second kappa shape index (κ2) is 15.3. The molecule has 1 aliphatic rings. The Hall–Kier alpha value is -4.10. The zero-order valence-electron chi connectivity index (χ0n) is 23.4. The smallest absolute Gasteiger partial charge is 0.244 e. The summed E-state index contributed by atoms with van der Waals surface area (Å²) in [6.45, 7) is 12.5. The van der Waals surface area contributed by atoms with E-state index >= 15 is 0 Å². The van der Waals surface area contributed by atoms with Crippen LogP contribution in [-0.2, 0) is 14.4 Å². The van der Waals surface area contributed by atoms with Gasteiger partial charge in [-0.3, -0.25) is 28.7 Å². The van der Waals surface area contributed by atoms with E-state index in [2.05, 4.69) is 37.1 Å². The Balaban J connectivity index is 0.00000260. The number of hydrogen-bond donors (Lipinski definition) is 2. The minimum atomic E-state index is -0.445. The highest BCUT2D eigenvalue weighted by atomic mass is 16.7. The van der Waals surface area contributed by atoms with Crippen LogP contribution in [0.5, 0.6) is 0 Å². The molecule has 1 fully saturated rings. The van der Waals surface area contributed by atoms with Gasteiger partial charge in [0.1, 0.15) is 18.6 Å². The highest BCUT2D eigenvalue weighted by Crippen LogP contribution is 2.30. The quantitative estimate of drug-likeness (QED) is 0.184. The number of aromatic nitrogens is 2. The molecule has 1 atom stereocenters. The number of hydrogen-bond acceptors (Lipinski definition) is 7. The number of nitrogens with one attached hydrogen (secondary N) is 2. The molecule has 2 N–H and O–H groups in total. The fourth-order valence-electron chi connectivity index (χ4n) is 4.39. The molecular formula is C29H40N6O4. The molecule has 0 aliphatic carbocycles. The van der Waals surface area contributed by atoms with Crippen molar-refractivity contribution in [2.75, 3.05) is 24.7 Å². The molecule has 10 nitrogen and oxygen atoms in total. The Morgan fingerprint density at radius 2 is 1.87 bits per heavy atom. The lowest BCUT2D eigenvalue weighted by Gasteiger charge is -2.35. The molecule has 2 heterocycles. The van der Waals surface area contributed by atoms with Crippen molar-refractivity contribution in [3.63, 3.8) is 0 Å². The van der Waals surface area contributed by atoms with Crippen LogP contribution in [-0.4, -0.2) is 58.0 Å². The Morgan fingerprint density at radius 1 is 1.18 bits per heavy atom. The highest BCUT2D eigenvalue weighted by Gasteiger charge is 2.34. The van der Waals surface area contributed by atoms with Crippen LogP contribution in [0.2, 0.25) is 0 Å². The first-order valence-electron chi connectivity index (χ1n) is 13.1. The lowest BCUT2D eigenvalue weighted by atomic mass is 10.1. The van der Waals surface area contributed by atoms with Crippen LogP contribution in [0.1, 0.15) is 63.2 Å². The molecular weight excluding hydrogens is 496 g/mol. The van der Waals surface area contributed by atoms with E-state index < -0.39 is 6.04 Å². The first kappa shape index (κ1) is 31.1. The number of carbonyl (C=O) groups is 3. The van der Waals surface area contributed by atoms with Gasteiger partial charge in [-0.25, -0.2) is 10.5 Å². The van der Waals surface area contributed by atoms with Crippen LogP contribution in [0, 0.1) is 19.8 Å². The Labute approximate surface area is 231 Å². The number of unbranched alkanes of at least 4 members (excludes halogenated alkanes) is 2. The van der Waals surface area contributed by atoms with Crippen molar-refractivity contribution in [3.05, 3.63) is 48.4 Å². The van der Waals surface area contributed by atoms with Crippen LogP contribution < -0.4 is 15.7 Å². The number of aryl methyl sites for hydroxylation is 1. The van der Waals surface area contributed by atoms with Gasteiger partial charge in [0, 0.05) is 38.7 Å². The number of benzene rings is 1. The number of anilines is 1. The van der Waals surface area contributed by atoms with E-state index in [1.54, 1.807) is 10.8 Å². The van der Waals surface area contributed by atoms with Gasteiger partial charge in [-0.2, -0.15) is 0 Å². The molecule has 2 amide bonds. The molecule has 39 heavy (non-hydrogen) atoms. The third kappa shape index (κ3) is 8.45. The molecule has 0 radical (unpaired) electrons. The summed E-state index contributed by atoms with van der Waals surface area (Å²) in [4.78, 5) is 50.3. The molecule has 2 aromatic rings. The van der Waals surface area contributed by atoms with Crippen LogP contribution in [0.3, 0.4) is 0 Å². The van der Waals surface area contributed by atoms with Crippen molar-refractivity contribution in [1.82, 2.24) is 25.2 Å². The fraction of sp³-hybridized carbons (Fsp3) is 0.448. The number of likely N-dealkylation sites (tertiary alicyclic amines) is 1. The Bertz CT molecular complexity index is 1150. The van der Waals surface area contributed by atoms with Crippen LogP contribution >= 0.6 is 0 Å². The second-order valence-electron chi connectivity index (χ2n) is 9.30. The minimum absolute atomic E-state index is 0.135. The van der Waals surface area contributed by atoms with Crippen molar-refractivity contribution in [1.29, 1.82) is 0 Å². The molecule has 0 saturated carbocycles. The summed E-state index contributed by atoms with van der Waals surface area (Å²) >= 11 is 0. The molecule has 1 aliphatic heterocycles. The van der Waals surface area contributed by atoms with Gasteiger partial charge in [-0.05, 0) is 26.2 Å². The largest absolute Gasteiger partial charge is 0.346 e. The third-order valence-electron chi connectivity index (χ3n) is 6.33. The second-order valence-corrected chi connectivity index (χ2v) is 9.30. The number of nitrogens with zero attached hydrogens (tertiary/aromatic N) is 4. The lowest BCUT2D eigenvalue weighted by Crippen LogP contribution is -2.47. The standard InChI is InChI=1S/C27H38N6O4.C2H2/c1-6-7-8-15-32(21(4)31-16-9-10-25(31)26(36)28-18-37-30-20(3)34)27-29-24(17-33(27)22(5)35)23-13-11-19(2)12-14-23;1-2/h11-14,17,25H,4,6-10,15-16,18H2,1-3,5H3,(H,28,36)(H,30,34);1-2H. The van der Waals surface area contributed by atoms with Crippen LogP contribution in [0.15, 0.2) is 42.9 Å². The van der Waals surface area contributed by atoms with Gasteiger partial charge in [0.2, 0.25) is 23.7 Å². The van der Waals surface area contributed by atoms with Crippen LogP contribution in [0.4, 0.5) is 5.95 Å². The van der Waals surface area contributed by atoms with Crippen LogP contribution in [0.25, 0.3) is 11.3 Å². The minimum Gasteiger partial charge on any atom is -0.346 e. The van der Waals surface area contributed by atoms with E-state index in [1.165, 1.54) is 13.8 Å². The van der Waals surface area contributed by atoms with Gasteiger partial charge in [0.05, 0.1) is 5.69 Å². The average molecular weight is 537 g/mol. The first-order chi connectivity index (χ1) is 18.7. The van der Waals surface area contributed by atoms with Crippen molar-refractivity contribution >= 4 is 23.7 Å². The van der Waals surface area contributed by atoms with E-state index in [0.717, 1.165) is 36.8 Å². The van der Waals surface area contributed by atoms with Gasteiger partial charge in [-0.1, -0.05) is 56.2 Å². The molecule has 10 heteroatoms. The number of rotatable bonds is 12. The maximum absolute atomic E-state index is 12.9. The molecule has 1 aromatic carbocycles. The van der Waals surface area contributed by atoms with Gasteiger partial charge in [0.25, 0.3) is 0 Å². The molecule has 1 saturated heterocycles. The lowest BCUT2D eigenvalue weighted by molar-refractivity contribution is -0.136. The van der Waals surface area contributed by atoms with E-state index in [-0.39, 0.29) is 24.5 Å². The van der Waals surface area contributed by atoms with Gasteiger partial charge >= 0.3 is 0 Å². The predicted octanol–water partition coefficient (Wildman–Crippen LogP) is 3.84. The van der Waals surface area contributed by atoms with E-state index in [1.807, 2.05) is 41.0 Å². The van der Waals surface area contributed by atoms with Crippen molar-refractivity contribution in [2.45, 2.75) is 65.8 Å². The molecule has 3 rings (SSSR count). The van der Waals surface area contributed by atoms with Crippen molar-refractivity contribution in [2.24, 2.45) is 0 Å². The normalized spacial score (nSPS) is 14.2. The average Bonchev–Trinajstić information content (AvgIpc) is 3.58. The topological polar surface area (TPSA) is 109 Å². The van der Waals surface area contributed by atoms with Crippen molar-refractivity contribution in [3.8, 4) is 24.1 Å². The maximum Gasteiger partial charge on any atom is 0.244 e. The molecule has 1 aromatic heterocycles. The van der Waals surface area contributed by atoms with E-state index in [0.29, 0.717) is 37.0 Å². The summed E-state index contributed by atoms with van der Waals surface area (Å²) < 4.78 is 1.55. The summed E-state index contributed by atoms with van der Waals surface area (Å²) in [7, 11) is 0. The maximum atomic E-state index is 12.9. The summed E-state index contributed by atoms with van der Waals surface area (Å²) in [5.74, 6) is 0.399. The number of amides is 2. The summed E-state index contributed by atoms with van der Waals surface area (Å²) in [5, 5.41) is 2.70. The number of carbonyl (C=O) groups excluding carboxylic acids is 3. The Morgan fingerprint density at radius 3 is 2.49 bits per heavy atom. The Kier molecular flexibility index (Phi) is 12.2. The van der Waals surface area contributed by atoms with Gasteiger partial charge in [0.15, 0.2) is 0 Å². The number of hydroxylamine groups is 1. The predicted molar refractivity (Wildman–Crippen MR) is 152 cm³/mol. The third-order valence-corrected chi connectivity index (χ3v) is 6.33. The summed E-state index contributed by atoms with van der Waals surface area (Å²) in [6.07, 6.45) is 14.2. The zero-order valence-corrected chi connectivity index (χ0v) is 23.4. The van der Waals surface area contributed by atoms with E-state index in [9.17, 15) is 14.4 Å². The number of imidazole rings is 1. The monoisotopic (exact) mass is 536 g/mol. The molecule has 0 spiro atoms. The molecule has 1 unspecified atom stereocenters. The summed E-state index contributed by atoms with van der Waals surface area (Å²) in [6, 6.07) is 7.57. The molecule has 0 bridgehead atoms. The van der Waals surface area contributed by atoms with Gasteiger partial charge < -0.3 is 10.2 Å². The van der Waals surface area contributed by atoms with Gasteiger partial charge in [-0.15, -0.1) is 12.8 Å². The fourth-order valence-corrected chi connectivity index (χ4v) is 4.39. The van der Waals surface area contributed by atoms with Crippen molar-refractivity contribution < 1.29 is 19.2 Å². The molecule has 210 valence electrons. The SMILES string of the molecule is C#C.C=C(N(CCCCC)c1nc(-c2ccc(C)cc2)cn1C(C)=O)N1CCCC1C(=O)NCONC(C)=O. The first-order valence-corrected chi connectivity index (χ1v) is 13.1. The zero-order chi connectivity index (χ0) is 28.9. The van der Waals surface area contributed by atoms with E-state index in [4.69, 9.17) is 9.82 Å². The summed E-state index contributed by atoms with van der Waals surface area (Å²) in [5.41, 5.74) is 4.96. The number of terminal acetylenes is 1.